The van der Waals surface area contributed by atoms with Crippen molar-refractivity contribution in [3.05, 3.63) is 6.33 Å². The van der Waals surface area contributed by atoms with Gasteiger partial charge in [0.1, 0.15) is 6.33 Å². The molecule has 1 aliphatic rings. The first-order chi connectivity index (χ1) is 9.26. The maximum absolute atomic E-state index is 11.9. The van der Waals surface area contributed by atoms with Gasteiger partial charge in [-0.2, -0.15) is 0 Å². The summed E-state index contributed by atoms with van der Waals surface area (Å²) >= 11 is 0. The van der Waals surface area contributed by atoms with E-state index in [1.807, 2.05) is 4.90 Å². The standard InChI is InChI=1S/C11H18N6O2/c1-19-9-10(14-7-15-11(9)16-12)13-6-8(18)17-4-2-3-5-17/h7H,2-6,12H2,1H3,(H2,13,14,15,16). The van der Waals surface area contributed by atoms with E-state index in [1.165, 1.54) is 13.4 Å². The summed E-state index contributed by atoms with van der Waals surface area (Å²) in [6.45, 7) is 1.84. The molecule has 0 spiro atoms. The number of amides is 1. The van der Waals surface area contributed by atoms with Crippen LogP contribution in [0.3, 0.4) is 0 Å². The molecule has 1 aliphatic heterocycles. The van der Waals surface area contributed by atoms with Crippen LogP contribution in [0.15, 0.2) is 6.33 Å². The molecule has 1 amide bonds. The van der Waals surface area contributed by atoms with E-state index in [1.54, 1.807) is 0 Å². The van der Waals surface area contributed by atoms with Crippen LogP contribution in [0.25, 0.3) is 0 Å². The predicted octanol–water partition coefficient (Wildman–Crippen LogP) is -0.195. The smallest absolute Gasteiger partial charge is 0.241 e. The van der Waals surface area contributed by atoms with E-state index in [0.29, 0.717) is 17.4 Å². The van der Waals surface area contributed by atoms with Crippen molar-refractivity contribution in [3.63, 3.8) is 0 Å². The van der Waals surface area contributed by atoms with Crippen LogP contribution in [-0.4, -0.2) is 47.5 Å². The highest BCUT2D eigenvalue weighted by molar-refractivity contribution is 5.81. The summed E-state index contributed by atoms with van der Waals surface area (Å²) in [5, 5.41) is 2.95. The Kier molecular flexibility index (Phi) is 4.35. The third-order valence-corrected chi connectivity index (χ3v) is 3.01. The van der Waals surface area contributed by atoms with Crippen LogP contribution in [-0.2, 0) is 4.79 Å². The molecule has 0 saturated carbocycles. The summed E-state index contributed by atoms with van der Waals surface area (Å²) in [5.74, 6) is 6.58. The van der Waals surface area contributed by atoms with E-state index in [0.717, 1.165) is 25.9 Å². The number of carbonyl (C=O) groups is 1. The second-order valence-corrected chi connectivity index (χ2v) is 4.19. The maximum atomic E-state index is 11.9. The van der Waals surface area contributed by atoms with Crippen LogP contribution in [0.2, 0.25) is 0 Å². The molecule has 8 heteroatoms. The van der Waals surface area contributed by atoms with Crippen LogP contribution >= 0.6 is 0 Å². The number of nitrogens with one attached hydrogen (secondary N) is 2. The Balaban J connectivity index is 2.00. The molecule has 104 valence electrons. The van der Waals surface area contributed by atoms with Gasteiger partial charge in [-0.15, -0.1) is 0 Å². The Morgan fingerprint density at radius 3 is 2.74 bits per heavy atom. The van der Waals surface area contributed by atoms with E-state index in [2.05, 4.69) is 20.7 Å². The Morgan fingerprint density at radius 1 is 1.42 bits per heavy atom. The number of ether oxygens (including phenoxy) is 1. The van der Waals surface area contributed by atoms with Crippen molar-refractivity contribution in [2.45, 2.75) is 12.8 Å². The first kappa shape index (κ1) is 13.3. The minimum atomic E-state index is 0.0559. The fraction of sp³-hybridized carbons (Fsp3) is 0.545. The number of methoxy groups -OCH3 is 1. The molecule has 0 aliphatic carbocycles. The van der Waals surface area contributed by atoms with Crippen LogP contribution in [0.4, 0.5) is 11.6 Å². The third kappa shape index (κ3) is 3.02. The van der Waals surface area contributed by atoms with Gasteiger partial charge in [-0.3, -0.25) is 4.79 Å². The quantitative estimate of drug-likeness (QED) is 0.501. The topological polar surface area (TPSA) is 105 Å². The van der Waals surface area contributed by atoms with Gasteiger partial charge in [-0.25, -0.2) is 15.8 Å². The van der Waals surface area contributed by atoms with E-state index in [-0.39, 0.29) is 12.5 Å². The van der Waals surface area contributed by atoms with Crippen molar-refractivity contribution in [3.8, 4) is 5.75 Å². The molecule has 0 aromatic carbocycles. The molecule has 4 N–H and O–H groups in total. The van der Waals surface area contributed by atoms with Crippen molar-refractivity contribution in [2.75, 3.05) is 37.5 Å². The number of hydrazine groups is 1. The minimum absolute atomic E-state index is 0.0559. The van der Waals surface area contributed by atoms with Gasteiger partial charge in [0.05, 0.1) is 13.7 Å². The molecule has 0 atom stereocenters. The minimum Gasteiger partial charge on any atom is -0.490 e. The van der Waals surface area contributed by atoms with Gasteiger partial charge in [0.15, 0.2) is 11.6 Å². The molecule has 1 fully saturated rings. The molecule has 0 radical (unpaired) electrons. The maximum Gasteiger partial charge on any atom is 0.241 e. The molecule has 19 heavy (non-hydrogen) atoms. The Bertz CT molecular complexity index is 447. The molecule has 2 heterocycles. The number of anilines is 2. The molecule has 1 aromatic rings. The molecular weight excluding hydrogens is 248 g/mol. The van der Waals surface area contributed by atoms with Crippen molar-refractivity contribution in [1.82, 2.24) is 14.9 Å². The SMILES string of the molecule is COc1c(NN)ncnc1NCC(=O)N1CCCC1. The summed E-state index contributed by atoms with van der Waals surface area (Å²) in [5.41, 5.74) is 2.42. The third-order valence-electron chi connectivity index (χ3n) is 3.01. The normalized spacial score (nSPS) is 14.3. The van der Waals surface area contributed by atoms with Gasteiger partial charge >= 0.3 is 0 Å². The van der Waals surface area contributed by atoms with Gasteiger partial charge in [0.25, 0.3) is 0 Å². The highest BCUT2D eigenvalue weighted by Gasteiger charge is 2.18. The Labute approximate surface area is 111 Å². The number of nitrogens with two attached hydrogens (primary N) is 1. The van der Waals surface area contributed by atoms with Crippen molar-refractivity contribution < 1.29 is 9.53 Å². The summed E-state index contributed by atoms with van der Waals surface area (Å²) in [6, 6.07) is 0. The van der Waals surface area contributed by atoms with Gasteiger partial charge < -0.3 is 20.4 Å². The van der Waals surface area contributed by atoms with Gasteiger partial charge in [-0.1, -0.05) is 0 Å². The van der Waals surface area contributed by atoms with Gasteiger partial charge in [-0.05, 0) is 12.8 Å². The molecule has 2 rings (SSSR count). The lowest BCUT2D eigenvalue weighted by Gasteiger charge is -2.17. The zero-order valence-electron chi connectivity index (χ0n) is 10.8. The van der Waals surface area contributed by atoms with E-state index in [9.17, 15) is 4.79 Å². The van der Waals surface area contributed by atoms with Gasteiger partial charge in [0.2, 0.25) is 11.7 Å². The van der Waals surface area contributed by atoms with Crippen LogP contribution in [0.5, 0.6) is 5.75 Å². The number of aromatic nitrogens is 2. The molecule has 0 unspecified atom stereocenters. The molecule has 1 saturated heterocycles. The van der Waals surface area contributed by atoms with Gasteiger partial charge in [0, 0.05) is 13.1 Å². The van der Waals surface area contributed by atoms with E-state index in [4.69, 9.17) is 10.6 Å². The zero-order valence-corrected chi connectivity index (χ0v) is 10.8. The number of hydrogen-bond acceptors (Lipinski definition) is 7. The van der Waals surface area contributed by atoms with Crippen molar-refractivity contribution in [2.24, 2.45) is 5.84 Å². The Hall–Kier alpha value is -2.09. The fourth-order valence-corrected chi connectivity index (χ4v) is 2.03. The van der Waals surface area contributed by atoms with Crippen LogP contribution in [0.1, 0.15) is 12.8 Å². The van der Waals surface area contributed by atoms with Crippen LogP contribution in [0, 0.1) is 0 Å². The van der Waals surface area contributed by atoms with Crippen LogP contribution < -0.4 is 21.3 Å². The molecular formula is C11H18N6O2. The molecule has 1 aromatic heterocycles. The summed E-state index contributed by atoms with van der Waals surface area (Å²) < 4.78 is 5.17. The lowest BCUT2D eigenvalue weighted by molar-refractivity contribution is -0.128. The number of carbonyl (C=O) groups excluding carboxylic acids is 1. The number of nitrogens with zero attached hydrogens (tertiary/aromatic N) is 3. The number of hydrogen-bond donors (Lipinski definition) is 3. The first-order valence-corrected chi connectivity index (χ1v) is 6.13. The number of nitrogen functional groups attached to an aromatic ring is 1. The highest BCUT2D eigenvalue weighted by Crippen LogP contribution is 2.27. The summed E-state index contributed by atoms with van der Waals surface area (Å²) in [4.78, 5) is 21.7. The number of likely N-dealkylation sites (tertiary alicyclic amines) is 1. The summed E-state index contributed by atoms with van der Waals surface area (Å²) in [7, 11) is 1.49. The largest absolute Gasteiger partial charge is 0.490 e. The van der Waals surface area contributed by atoms with Crippen molar-refractivity contribution >= 4 is 17.5 Å². The Morgan fingerprint density at radius 2 is 2.11 bits per heavy atom. The fourth-order valence-electron chi connectivity index (χ4n) is 2.03. The second-order valence-electron chi connectivity index (χ2n) is 4.19. The van der Waals surface area contributed by atoms with Crippen molar-refractivity contribution in [1.29, 1.82) is 0 Å². The summed E-state index contributed by atoms with van der Waals surface area (Å²) in [6.07, 6.45) is 3.49. The average Bonchev–Trinajstić information content (AvgIpc) is 2.98. The zero-order chi connectivity index (χ0) is 13.7. The first-order valence-electron chi connectivity index (χ1n) is 6.13. The number of rotatable bonds is 5. The van der Waals surface area contributed by atoms with E-state index < -0.39 is 0 Å². The lowest BCUT2D eigenvalue weighted by Crippen LogP contribution is -2.33. The average molecular weight is 266 g/mol. The van der Waals surface area contributed by atoms with E-state index >= 15 is 0 Å². The lowest BCUT2D eigenvalue weighted by atomic mass is 10.4. The predicted molar refractivity (Wildman–Crippen MR) is 70.7 cm³/mol. The monoisotopic (exact) mass is 266 g/mol. The molecule has 0 bridgehead atoms. The molecule has 8 nitrogen and oxygen atoms in total. The highest BCUT2D eigenvalue weighted by atomic mass is 16.5. The second kappa shape index (κ2) is 6.19.